The van der Waals surface area contributed by atoms with Gasteiger partial charge in [-0.1, -0.05) is 45.8 Å². The van der Waals surface area contributed by atoms with E-state index in [1.54, 1.807) is 0 Å². The average molecular weight is 470 g/mol. The fourth-order valence-corrected chi connectivity index (χ4v) is 4.11. The molecule has 1 aliphatic rings. The molecule has 1 aromatic heterocycles. The molecule has 6 nitrogen and oxygen atoms in total. The summed E-state index contributed by atoms with van der Waals surface area (Å²) in [6, 6.07) is 16.0. The maximum Gasteiger partial charge on any atom is 0.247 e. The van der Waals surface area contributed by atoms with Gasteiger partial charge in [0.05, 0.1) is 5.54 Å². The van der Waals surface area contributed by atoms with Gasteiger partial charge in [0.2, 0.25) is 17.7 Å². The standard InChI is InChI=1S/C23H24BrN3O3/c1-16-5-7-17(8-6-16)22-27-26-21(30-22)10-9-20(28)25-23(11-13-29-14-12-23)18-3-2-4-19(24)15-18/h2-8,15H,9-14H2,1H3,(H,25,28). The first-order valence-electron chi connectivity index (χ1n) is 10.1. The second-order valence-corrected chi connectivity index (χ2v) is 8.54. The number of carbonyl (C=O) groups excluding carboxylic acids is 1. The summed E-state index contributed by atoms with van der Waals surface area (Å²) in [6.07, 6.45) is 2.17. The van der Waals surface area contributed by atoms with E-state index in [4.69, 9.17) is 9.15 Å². The summed E-state index contributed by atoms with van der Waals surface area (Å²) in [6.45, 7) is 3.27. The van der Waals surface area contributed by atoms with Gasteiger partial charge in [0.15, 0.2) is 0 Å². The van der Waals surface area contributed by atoms with E-state index in [9.17, 15) is 4.79 Å². The van der Waals surface area contributed by atoms with Crippen molar-refractivity contribution in [3.05, 3.63) is 70.0 Å². The highest BCUT2D eigenvalue weighted by Crippen LogP contribution is 2.33. The summed E-state index contributed by atoms with van der Waals surface area (Å²) in [4.78, 5) is 12.8. The molecule has 2 aromatic carbocycles. The zero-order valence-electron chi connectivity index (χ0n) is 16.9. The summed E-state index contributed by atoms with van der Waals surface area (Å²) >= 11 is 3.53. The van der Waals surface area contributed by atoms with Crippen LogP contribution in [-0.4, -0.2) is 29.3 Å². The van der Waals surface area contributed by atoms with E-state index >= 15 is 0 Å². The van der Waals surface area contributed by atoms with Crippen molar-refractivity contribution in [2.24, 2.45) is 0 Å². The number of rotatable bonds is 6. The number of nitrogens with zero attached hydrogens (tertiary/aromatic N) is 2. The SMILES string of the molecule is Cc1ccc(-c2nnc(CCC(=O)NC3(c4cccc(Br)c4)CCOCC3)o2)cc1. The van der Waals surface area contributed by atoms with Crippen LogP contribution in [0.3, 0.4) is 0 Å². The Morgan fingerprint density at radius 1 is 1.13 bits per heavy atom. The third kappa shape index (κ3) is 4.79. The Kier molecular flexibility index (Phi) is 6.29. The second-order valence-electron chi connectivity index (χ2n) is 7.62. The molecule has 3 aromatic rings. The lowest BCUT2D eigenvalue weighted by Gasteiger charge is -2.38. The zero-order valence-corrected chi connectivity index (χ0v) is 18.4. The van der Waals surface area contributed by atoms with Gasteiger partial charge in [-0.15, -0.1) is 10.2 Å². The van der Waals surface area contributed by atoms with Gasteiger partial charge < -0.3 is 14.5 Å². The first kappa shape index (κ1) is 20.8. The van der Waals surface area contributed by atoms with Gasteiger partial charge in [-0.25, -0.2) is 0 Å². The van der Waals surface area contributed by atoms with Crippen molar-refractivity contribution in [3.8, 4) is 11.5 Å². The monoisotopic (exact) mass is 469 g/mol. The Morgan fingerprint density at radius 3 is 2.63 bits per heavy atom. The van der Waals surface area contributed by atoms with Crippen molar-refractivity contribution in [2.75, 3.05) is 13.2 Å². The van der Waals surface area contributed by atoms with E-state index in [-0.39, 0.29) is 12.3 Å². The van der Waals surface area contributed by atoms with Gasteiger partial charge >= 0.3 is 0 Å². The number of carbonyl (C=O) groups is 1. The van der Waals surface area contributed by atoms with Gasteiger partial charge in [-0.05, 0) is 49.6 Å². The Morgan fingerprint density at radius 2 is 1.90 bits per heavy atom. The number of halogens is 1. The Balaban J connectivity index is 1.41. The smallest absolute Gasteiger partial charge is 0.247 e. The predicted molar refractivity (Wildman–Crippen MR) is 117 cm³/mol. The third-order valence-corrected chi connectivity index (χ3v) is 5.93. The molecule has 1 N–H and O–H groups in total. The van der Waals surface area contributed by atoms with Crippen molar-refractivity contribution in [1.82, 2.24) is 15.5 Å². The van der Waals surface area contributed by atoms with Gasteiger partial charge in [0, 0.05) is 36.1 Å². The third-order valence-electron chi connectivity index (χ3n) is 5.43. The lowest BCUT2D eigenvalue weighted by molar-refractivity contribution is -0.124. The highest BCUT2D eigenvalue weighted by Gasteiger charge is 2.36. The molecule has 1 saturated heterocycles. The summed E-state index contributed by atoms with van der Waals surface area (Å²) in [7, 11) is 0. The molecular formula is C23H24BrN3O3. The minimum Gasteiger partial charge on any atom is -0.421 e. The van der Waals surface area contributed by atoms with Crippen molar-refractivity contribution in [1.29, 1.82) is 0 Å². The van der Waals surface area contributed by atoms with Crippen LogP contribution < -0.4 is 5.32 Å². The molecule has 1 fully saturated rings. The van der Waals surface area contributed by atoms with Gasteiger partial charge in [-0.2, -0.15) is 0 Å². The number of aryl methyl sites for hydroxylation is 2. The molecule has 0 unspecified atom stereocenters. The Hall–Kier alpha value is -2.51. The fraction of sp³-hybridized carbons (Fsp3) is 0.348. The van der Waals surface area contributed by atoms with E-state index in [0.29, 0.717) is 31.4 Å². The Labute approximate surface area is 184 Å². The van der Waals surface area contributed by atoms with Gasteiger partial charge in [-0.3, -0.25) is 4.79 Å². The fourth-order valence-electron chi connectivity index (χ4n) is 3.71. The summed E-state index contributed by atoms with van der Waals surface area (Å²) < 4.78 is 12.3. The number of benzene rings is 2. The van der Waals surface area contributed by atoms with Gasteiger partial charge in [0.1, 0.15) is 0 Å². The van der Waals surface area contributed by atoms with Crippen molar-refractivity contribution in [3.63, 3.8) is 0 Å². The summed E-state index contributed by atoms with van der Waals surface area (Å²) in [5, 5.41) is 11.5. The zero-order chi connectivity index (χ0) is 21.0. The van der Waals surface area contributed by atoms with Crippen LogP contribution in [-0.2, 0) is 21.5 Å². The van der Waals surface area contributed by atoms with Crippen LogP contribution in [0.2, 0.25) is 0 Å². The van der Waals surface area contributed by atoms with E-state index < -0.39 is 5.54 Å². The number of amides is 1. The molecule has 0 radical (unpaired) electrons. The van der Waals surface area contributed by atoms with Crippen LogP contribution in [0, 0.1) is 6.92 Å². The van der Waals surface area contributed by atoms with E-state index in [1.807, 2.05) is 43.3 Å². The molecule has 30 heavy (non-hydrogen) atoms. The highest BCUT2D eigenvalue weighted by atomic mass is 79.9. The number of hydrogen-bond donors (Lipinski definition) is 1. The number of nitrogens with one attached hydrogen (secondary N) is 1. The normalized spacial score (nSPS) is 15.7. The lowest BCUT2D eigenvalue weighted by Crippen LogP contribution is -2.49. The predicted octanol–water partition coefficient (Wildman–Crippen LogP) is 4.56. The minimum absolute atomic E-state index is 0.0352. The van der Waals surface area contributed by atoms with Crippen molar-refractivity contribution in [2.45, 2.75) is 38.1 Å². The molecule has 0 saturated carbocycles. The Bertz CT molecular complexity index is 1010. The summed E-state index contributed by atoms with van der Waals surface area (Å²) in [5.74, 6) is 0.900. The van der Waals surface area contributed by atoms with Crippen LogP contribution in [0.25, 0.3) is 11.5 Å². The lowest BCUT2D eigenvalue weighted by atomic mass is 9.82. The molecule has 2 heterocycles. The number of hydrogen-bond acceptors (Lipinski definition) is 5. The molecule has 7 heteroatoms. The minimum atomic E-state index is -0.416. The van der Waals surface area contributed by atoms with Crippen LogP contribution in [0.15, 0.2) is 57.4 Å². The topological polar surface area (TPSA) is 77.2 Å². The van der Waals surface area contributed by atoms with E-state index in [2.05, 4.69) is 43.6 Å². The summed E-state index contributed by atoms with van der Waals surface area (Å²) in [5.41, 5.74) is 2.72. The first-order chi connectivity index (χ1) is 14.5. The molecular weight excluding hydrogens is 446 g/mol. The van der Waals surface area contributed by atoms with Crippen molar-refractivity contribution < 1.29 is 13.9 Å². The molecule has 4 rings (SSSR count). The van der Waals surface area contributed by atoms with Crippen molar-refractivity contribution >= 4 is 21.8 Å². The van der Waals surface area contributed by atoms with Crippen LogP contribution in [0.1, 0.15) is 36.3 Å². The van der Waals surface area contributed by atoms with Crippen LogP contribution in [0.4, 0.5) is 0 Å². The number of ether oxygens (including phenoxy) is 1. The van der Waals surface area contributed by atoms with E-state index in [1.165, 1.54) is 5.56 Å². The largest absolute Gasteiger partial charge is 0.421 e. The average Bonchev–Trinajstić information content (AvgIpc) is 3.23. The molecule has 0 atom stereocenters. The maximum absolute atomic E-state index is 12.8. The quantitative estimate of drug-likeness (QED) is 0.572. The van der Waals surface area contributed by atoms with Crippen LogP contribution >= 0.6 is 15.9 Å². The molecule has 1 aliphatic heterocycles. The number of aromatic nitrogens is 2. The first-order valence-corrected chi connectivity index (χ1v) is 10.9. The molecule has 0 bridgehead atoms. The molecule has 0 aliphatic carbocycles. The van der Waals surface area contributed by atoms with Gasteiger partial charge in [0.25, 0.3) is 0 Å². The second kappa shape index (κ2) is 9.10. The maximum atomic E-state index is 12.8. The molecule has 1 amide bonds. The van der Waals surface area contributed by atoms with E-state index in [0.717, 1.165) is 28.4 Å². The highest BCUT2D eigenvalue weighted by molar-refractivity contribution is 9.10. The molecule has 156 valence electrons. The van der Waals surface area contributed by atoms with Crippen LogP contribution in [0.5, 0.6) is 0 Å². The molecule has 0 spiro atoms.